The fourth-order valence-electron chi connectivity index (χ4n) is 6.09. The molecule has 0 saturated carbocycles. The molecule has 9 N–H and O–H groups in total. The number of hydrogen-bond acceptors (Lipinski definition) is 14. The number of nitrogens with zero attached hydrogens (tertiary/aromatic N) is 3. The number of nitrogens with one attached hydrogen (secondary N) is 2. The van der Waals surface area contributed by atoms with Gasteiger partial charge in [-0.25, -0.2) is 72.0 Å². The van der Waals surface area contributed by atoms with Crippen LogP contribution in [0.3, 0.4) is 0 Å². The summed E-state index contributed by atoms with van der Waals surface area (Å²) in [7, 11) is 2.88. The Labute approximate surface area is 514 Å². The molecule has 0 radical (unpaired) electrons. The largest absolute Gasteiger partial charge is 0.439 e. The smallest absolute Gasteiger partial charge is 0.418 e. The molecule has 6 aromatic rings. The van der Waals surface area contributed by atoms with Crippen molar-refractivity contribution in [1.29, 1.82) is 10.5 Å². The number of nitriles is 2. The van der Waals surface area contributed by atoms with Gasteiger partial charge in [0.25, 0.3) is 0 Å². The monoisotopic (exact) mass is 1300 g/mol. The average molecular weight is 1300 g/mol. The molecule has 89 heavy (non-hydrogen) atoms. The number of aliphatic hydroxyl groups excluding tert-OH is 3. The molecule has 0 bridgehead atoms. The van der Waals surface area contributed by atoms with Gasteiger partial charge in [0, 0.05) is 20.5 Å². The number of imide groups is 1. The molecule has 8 rings (SSSR count). The van der Waals surface area contributed by atoms with Gasteiger partial charge in [0.2, 0.25) is 0 Å². The van der Waals surface area contributed by atoms with Crippen LogP contribution in [0.25, 0.3) is 0 Å². The number of carbonyl (C=O) groups excluding carboxylic acids is 4. The normalized spacial score (nSPS) is 13.7. The number of amides is 4. The lowest BCUT2D eigenvalue weighted by Gasteiger charge is -2.10. The standard InChI is InChI=1S/C11H10F2N2O3.C9H7F2NO2.C9H10F2O.C8H9F2NO.C8H5F2NO.C7H4F2O.C2H3NS.C2H6.CH5N.3CH4/c1-14-10(16)15-5-9(18-11(15)17)6-2-3-7(12)8(13)4-6;10-6-2-1-5(3-7(6)11)8-4-12-9(13)14-8;1-2-9(12)6-3-4-7(10)8(11)5-6;2*9-6-2-1-5(3-7(6)10)8(12)4-11;8-6-2-1-5(4-10)3-7(6)9;1-4-2-3;2*1-2;;;/h2-4,9H,5H2,1H3,(H,14,16);1-3,8H,4H2,(H,12,13);3-5,9,12H,2H2,1H3;1-3,8,12H,4,11H2;1-3,8,12H;1-4H;1H3;1-2H3;2H2,1H3;3*1H4/i;;;;;;1T;;;;;. The first-order valence-electron chi connectivity index (χ1n) is 25.3. The Bertz CT molecular complexity index is 3170. The van der Waals surface area contributed by atoms with E-state index in [0.717, 1.165) is 95.5 Å². The van der Waals surface area contributed by atoms with Crippen molar-refractivity contribution in [2.45, 2.75) is 80.0 Å². The molecule has 16 nitrogen and oxygen atoms in total. The molecule has 2 aliphatic rings. The van der Waals surface area contributed by atoms with Gasteiger partial charge in [0.15, 0.2) is 75.9 Å². The highest BCUT2D eigenvalue weighted by Gasteiger charge is 2.36. The van der Waals surface area contributed by atoms with E-state index in [2.05, 4.69) is 16.4 Å². The zero-order valence-electron chi connectivity index (χ0n) is 47.1. The summed E-state index contributed by atoms with van der Waals surface area (Å²) in [4.78, 5) is 44.2. The van der Waals surface area contributed by atoms with Crippen LogP contribution >= 0.6 is 11.8 Å². The van der Waals surface area contributed by atoms with Crippen LogP contribution < -0.4 is 22.1 Å². The summed E-state index contributed by atoms with van der Waals surface area (Å²) in [5, 5.41) is 49.6. The predicted molar refractivity (Wildman–Crippen MR) is 312 cm³/mol. The molecule has 4 amide bonds. The van der Waals surface area contributed by atoms with Crippen molar-refractivity contribution >= 4 is 36.3 Å². The molecule has 0 aromatic heterocycles. The Kier molecular flexibility index (Phi) is 44.1. The van der Waals surface area contributed by atoms with Crippen LogP contribution in [-0.2, 0) is 9.47 Å². The second-order valence-corrected chi connectivity index (χ2v) is 16.4. The number of carbonyl (C=O) groups is 4. The topological polar surface area (TPSA) is 274 Å². The highest BCUT2D eigenvalue weighted by Crippen LogP contribution is 2.28. The number of urea groups is 1. The lowest BCUT2D eigenvalue weighted by Crippen LogP contribution is -2.38. The maximum Gasteiger partial charge on any atom is 0.418 e. The number of cyclic esters (lactones) is 2. The molecular formula is C60H71F12N7O9S. The molecule has 5 unspecified atom stereocenters. The van der Waals surface area contributed by atoms with E-state index < -0.39 is 119 Å². The van der Waals surface area contributed by atoms with E-state index in [9.17, 15) is 77.0 Å². The number of nitrogens with two attached hydrogens (primary N) is 2. The van der Waals surface area contributed by atoms with E-state index in [1.54, 1.807) is 12.3 Å². The third-order valence-electron chi connectivity index (χ3n) is 10.4. The number of rotatable bonds is 8. The van der Waals surface area contributed by atoms with Gasteiger partial charge in [0.05, 0.1) is 31.4 Å². The Hall–Kier alpha value is -8.71. The summed E-state index contributed by atoms with van der Waals surface area (Å²) in [5.74, 6) is -11.6. The number of halogens is 12. The summed E-state index contributed by atoms with van der Waals surface area (Å²) >= 11 is 0.935. The first kappa shape index (κ1) is 84.5. The lowest BCUT2D eigenvalue weighted by molar-refractivity contribution is 0.112. The van der Waals surface area contributed by atoms with Crippen molar-refractivity contribution < 1.29 is 98.0 Å². The number of alkyl carbamates (subject to hydrolysis) is 1. The maximum absolute atomic E-state index is 13.0. The molecule has 2 heterocycles. The minimum atomic E-state index is -1.40. The van der Waals surface area contributed by atoms with Gasteiger partial charge < -0.3 is 46.9 Å². The number of aldehydes is 1. The van der Waals surface area contributed by atoms with E-state index in [-0.39, 0.29) is 64.8 Å². The third kappa shape index (κ3) is 30.2. The van der Waals surface area contributed by atoms with E-state index in [1.807, 2.05) is 13.8 Å². The zero-order chi connectivity index (χ0) is 66.5. The van der Waals surface area contributed by atoms with Gasteiger partial charge in [-0.05, 0) is 138 Å². The Morgan fingerprint density at radius 1 is 0.663 bits per heavy atom. The van der Waals surface area contributed by atoms with E-state index in [0.29, 0.717) is 29.4 Å². The van der Waals surface area contributed by atoms with Crippen LogP contribution in [0.2, 0.25) is 0 Å². The molecule has 2 saturated heterocycles. The molecule has 0 aliphatic carbocycles. The predicted octanol–water partition coefficient (Wildman–Crippen LogP) is 13.5. The molecule has 5 atom stereocenters. The van der Waals surface area contributed by atoms with Crippen molar-refractivity contribution in [3.8, 4) is 11.5 Å². The number of hydrogen-bond donors (Lipinski definition) is 7. The minimum absolute atomic E-state index is 0. The molecule has 2 fully saturated rings. The molecular weight excluding hydrogens is 1220 g/mol. The van der Waals surface area contributed by atoms with Crippen LogP contribution in [0.4, 0.5) is 67.1 Å². The van der Waals surface area contributed by atoms with Gasteiger partial charge in [-0.3, -0.25) is 4.79 Å². The van der Waals surface area contributed by atoms with Crippen LogP contribution in [0.1, 0.15) is 120 Å². The SMILES string of the molecule is C.C.C.CC.CCC(O)c1ccc(F)c(F)c1.CN.CNC(=O)N1CC(c2ccc(F)c(F)c2)OC1=O.N#CC(O)c1ccc(F)c(F)c1.NCC(O)c1ccc(F)c(F)c1.O=C1NCC(c2ccc(F)c(F)c2)O1.O=Cc1ccc(F)c(F)c1.[3H]CSC#N. The molecule has 6 aromatic carbocycles. The van der Waals surface area contributed by atoms with Crippen molar-refractivity contribution in [1.82, 2.24) is 15.5 Å². The summed E-state index contributed by atoms with van der Waals surface area (Å²) in [6.07, 6.45) is -4.61. The van der Waals surface area contributed by atoms with Gasteiger partial charge >= 0.3 is 18.2 Å². The number of aliphatic hydroxyl groups is 3. The lowest BCUT2D eigenvalue weighted by atomic mass is 10.1. The molecule has 0 spiro atoms. The van der Waals surface area contributed by atoms with Crippen LogP contribution in [-0.4, -0.2) is 84.7 Å². The molecule has 490 valence electrons. The van der Waals surface area contributed by atoms with Crippen molar-refractivity contribution in [3.63, 3.8) is 0 Å². The Balaban J connectivity index is -0.000000481. The minimum Gasteiger partial charge on any atom is -0.439 e. The quantitative estimate of drug-likeness (QED) is 0.0323. The number of thiocyanates is 1. The van der Waals surface area contributed by atoms with E-state index in [4.69, 9.17) is 37.3 Å². The Morgan fingerprint density at radius 3 is 1.39 bits per heavy atom. The van der Waals surface area contributed by atoms with Crippen LogP contribution in [0, 0.1) is 91.8 Å². The summed E-state index contributed by atoms with van der Waals surface area (Å²) < 4.78 is 166. The van der Waals surface area contributed by atoms with E-state index in [1.165, 1.54) is 50.5 Å². The van der Waals surface area contributed by atoms with Crippen molar-refractivity contribution in [2.75, 3.05) is 40.0 Å². The first-order chi connectivity index (χ1) is 41.3. The second-order valence-electron chi connectivity index (χ2n) is 15.9. The second kappa shape index (κ2) is 46.4. The highest BCUT2D eigenvalue weighted by atomic mass is 32.2. The van der Waals surface area contributed by atoms with Gasteiger partial charge in [-0.1, -0.05) is 73.4 Å². The van der Waals surface area contributed by atoms with Crippen LogP contribution in [0.5, 0.6) is 0 Å². The maximum atomic E-state index is 13.0. The molecule has 29 heteroatoms. The Morgan fingerprint density at radius 2 is 1.06 bits per heavy atom. The molecule has 2 aliphatic heterocycles. The van der Waals surface area contributed by atoms with Crippen molar-refractivity contribution in [2.24, 2.45) is 11.5 Å². The van der Waals surface area contributed by atoms with Crippen LogP contribution in [0.15, 0.2) is 109 Å². The highest BCUT2D eigenvalue weighted by molar-refractivity contribution is 8.03. The van der Waals surface area contributed by atoms with Gasteiger partial charge in [0.1, 0.15) is 23.9 Å². The van der Waals surface area contributed by atoms with Crippen molar-refractivity contribution in [3.05, 3.63) is 212 Å². The van der Waals surface area contributed by atoms with Gasteiger partial charge in [-0.15, -0.1) is 0 Å². The number of thioether (sulfide) groups is 1. The summed E-state index contributed by atoms with van der Waals surface area (Å²) in [5.41, 5.74) is 11.3. The zero-order valence-corrected chi connectivity index (χ0v) is 46.9. The fourth-order valence-corrected chi connectivity index (χ4v) is 6.09. The number of ether oxygens (including phenoxy) is 2. The van der Waals surface area contributed by atoms with E-state index >= 15 is 0 Å². The number of benzene rings is 6. The first-order valence-corrected chi connectivity index (χ1v) is 25.6. The summed E-state index contributed by atoms with van der Waals surface area (Å²) in [6.45, 7) is 6.00. The van der Waals surface area contributed by atoms with Gasteiger partial charge in [-0.2, -0.15) is 10.5 Å². The third-order valence-corrected chi connectivity index (χ3v) is 10.5. The summed E-state index contributed by atoms with van der Waals surface area (Å²) in [6, 6.07) is 19.9. The average Bonchev–Trinajstić information content (AvgIpc) is 1.82. The fraction of sp³-hybridized carbons (Fsp3) is 0.300.